The Morgan fingerprint density at radius 1 is 1.40 bits per heavy atom. The van der Waals surface area contributed by atoms with Gasteiger partial charge >= 0.3 is 0 Å². The van der Waals surface area contributed by atoms with Gasteiger partial charge in [0.25, 0.3) is 0 Å². The Balaban J connectivity index is 2.94. The second-order valence-electron chi connectivity index (χ2n) is 4.01. The summed E-state index contributed by atoms with van der Waals surface area (Å²) < 4.78 is 11.8. The highest BCUT2D eigenvalue weighted by molar-refractivity contribution is 9.10. The zero-order valence-corrected chi connectivity index (χ0v) is 13.2. The zero-order valence-electron chi connectivity index (χ0n) is 11.6. The average Bonchev–Trinajstić information content (AvgIpc) is 2.40. The standard InChI is InChI=1S/C13H19BrN4O2/c1-3-4-5-20-12-10(14)6-9(7-11(12)19-2)8-17-18-13(15)16/h6-8H,3-5H2,1-2H3,(H4,15,16,18). The topological polar surface area (TPSA) is 95.2 Å². The molecule has 4 N–H and O–H groups in total. The van der Waals surface area contributed by atoms with E-state index < -0.39 is 0 Å². The van der Waals surface area contributed by atoms with Crippen molar-refractivity contribution in [2.24, 2.45) is 21.7 Å². The number of rotatable bonds is 7. The molecule has 0 heterocycles. The van der Waals surface area contributed by atoms with Crippen molar-refractivity contribution in [3.8, 4) is 11.5 Å². The Morgan fingerprint density at radius 3 is 2.75 bits per heavy atom. The fourth-order valence-electron chi connectivity index (χ4n) is 1.44. The summed E-state index contributed by atoms with van der Waals surface area (Å²) in [6.07, 6.45) is 3.59. The zero-order chi connectivity index (χ0) is 15.0. The molecule has 0 aliphatic rings. The quantitative estimate of drug-likeness (QED) is 0.343. The minimum Gasteiger partial charge on any atom is -0.493 e. The molecule has 0 radical (unpaired) electrons. The lowest BCUT2D eigenvalue weighted by Gasteiger charge is -2.13. The fraction of sp³-hybridized carbons (Fsp3) is 0.385. The van der Waals surface area contributed by atoms with Gasteiger partial charge in [0.15, 0.2) is 11.5 Å². The van der Waals surface area contributed by atoms with Crippen molar-refractivity contribution in [1.29, 1.82) is 0 Å². The van der Waals surface area contributed by atoms with Crippen molar-refractivity contribution >= 4 is 28.1 Å². The van der Waals surface area contributed by atoms with E-state index in [0.29, 0.717) is 18.1 Å². The van der Waals surface area contributed by atoms with Crippen LogP contribution in [0.2, 0.25) is 0 Å². The summed E-state index contributed by atoms with van der Waals surface area (Å²) in [5, 5.41) is 7.30. The minimum atomic E-state index is -0.0909. The lowest BCUT2D eigenvalue weighted by molar-refractivity contribution is 0.286. The highest BCUT2D eigenvalue weighted by Gasteiger charge is 2.10. The van der Waals surface area contributed by atoms with Gasteiger partial charge in [0.2, 0.25) is 5.96 Å². The molecule has 0 bridgehead atoms. The SMILES string of the molecule is CCCCOc1c(Br)cc(C=NN=C(N)N)cc1OC. The number of guanidine groups is 1. The van der Waals surface area contributed by atoms with Crippen LogP contribution in [0.15, 0.2) is 26.8 Å². The summed E-state index contributed by atoms with van der Waals surface area (Å²) in [6, 6.07) is 3.66. The second-order valence-corrected chi connectivity index (χ2v) is 4.86. The van der Waals surface area contributed by atoms with Gasteiger partial charge in [0.05, 0.1) is 24.4 Å². The van der Waals surface area contributed by atoms with Crippen LogP contribution in [-0.2, 0) is 0 Å². The number of ether oxygens (including phenoxy) is 2. The van der Waals surface area contributed by atoms with E-state index in [9.17, 15) is 0 Å². The minimum absolute atomic E-state index is 0.0909. The van der Waals surface area contributed by atoms with Crippen LogP contribution in [0.5, 0.6) is 11.5 Å². The molecule has 0 fully saturated rings. The fourth-order valence-corrected chi connectivity index (χ4v) is 2.01. The summed E-state index contributed by atoms with van der Waals surface area (Å²) >= 11 is 3.46. The van der Waals surface area contributed by atoms with E-state index in [1.807, 2.05) is 6.07 Å². The molecule has 20 heavy (non-hydrogen) atoms. The molecule has 0 aliphatic heterocycles. The Hall–Kier alpha value is -1.76. The maximum absolute atomic E-state index is 5.71. The molecular weight excluding hydrogens is 324 g/mol. The molecule has 0 aromatic heterocycles. The molecular formula is C13H19BrN4O2. The third-order valence-corrected chi connectivity index (χ3v) is 2.97. The highest BCUT2D eigenvalue weighted by atomic mass is 79.9. The Morgan fingerprint density at radius 2 is 2.15 bits per heavy atom. The van der Waals surface area contributed by atoms with Crippen molar-refractivity contribution in [3.63, 3.8) is 0 Å². The first-order valence-electron chi connectivity index (χ1n) is 6.20. The van der Waals surface area contributed by atoms with Gasteiger partial charge in [-0.1, -0.05) is 13.3 Å². The number of nitrogens with zero attached hydrogens (tertiary/aromatic N) is 2. The second kappa shape index (κ2) is 8.42. The summed E-state index contributed by atoms with van der Waals surface area (Å²) in [7, 11) is 1.59. The number of nitrogens with two attached hydrogens (primary N) is 2. The van der Waals surface area contributed by atoms with Gasteiger partial charge in [0.1, 0.15) is 0 Å². The number of methoxy groups -OCH3 is 1. The molecule has 1 rings (SSSR count). The van der Waals surface area contributed by atoms with E-state index in [4.69, 9.17) is 20.9 Å². The van der Waals surface area contributed by atoms with E-state index in [2.05, 4.69) is 33.1 Å². The molecule has 1 aromatic carbocycles. The van der Waals surface area contributed by atoms with Gasteiger partial charge in [-0.15, -0.1) is 5.10 Å². The van der Waals surface area contributed by atoms with Crippen LogP contribution in [0.25, 0.3) is 0 Å². The molecule has 7 heteroatoms. The van der Waals surface area contributed by atoms with E-state index in [-0.39, 0.29) is 5.96 Å². The number of hydrogen-bond donors (Lipinski definition) is 2. The molecule has 110 valence electrons. The van der Waals surface area contributed by atoms with Crippen molar-refractivity contribution in [1.82, 2.24) is 0 Å². The number of hydrogen-bond acceptors (Lipinski definition) is 4. The van der Waals surface area contributed by atoms with E-state index in [0.717, 1.165) is 22.9 Å². The molecule has 0 saturated heterocycles. The van der Waals surface area contributed by atoms with Crippen LogP contribution in [0.1, 0.15) is 25.3 Å². The summed E-state index contributed by atoms with van der Waals surface area (Å²) in [5.41, 5.74) is 11.2. The molecule has 6 nitrogen and oxygen atoms in total. The number of benzene rings is 1. The first-order valence-corrected chi connectivity index (χ1v) is 7.00. The average molecular weight is 343 g/mol. The summed E-state index contributed by atoms with van der Waals surface area (Å²) in [5.74, 6) is 1.22. The van der Waals surface area contributed by atoms with Crippen LogP contribution in [0.4, 0.5) is 0 Å². The van der Waals surface area contributed by atoms with Gasteiger partial charge in [-0.05, 0) is 40.0 Å². The first kappa shape index (κ1) is 16.3. The Bertz CT molecular complexity index is 499. The van der Waals surface area contributed by atoms with Gasteiger partial charge in [-0.25, -0.2) is 0 Å². The molecule has 0 saturated carbocycles. The van der Waals surface area contributed by atoms with Gasteiger partial charge in [-0.2, -0.15) is 5.10 Å². The number of halogens is 1. The third-order valence-electron chi connectivity index (χ3n) is 2.38. The van der Waals surface area contributed by atoms with Crippen molar-refractivity contribution in [2.75, 3.05) is 13.7 Å². The van der Waals surface area contributed by atoms with E-state index in [1.165, 1.54) is 6.21 Å². The largest absolute Gasteiger partial charge is 0.493 e. The number of unbranched alkanes of at least 4 members (excludes halogenated alkanes) is 1. The van der Waals surface area contributed by atoms with Gasteiger partial charge < -0.3 is 20.9 Å². The molecule has 1 aromatic rings. The smallest absolute Gasteiger partial charge is 0.211 e. The third kappa shape index (κ3) is 5.08. The van der Waals surface area contributed by atoms with Crippen molar-refractivity contribution in [3.05, 3.63) is 22.2 Å². The Labute approximate surface area is 127 Å². The normalized spacial score (nSPS) is 10.6. The van der Waals surface area contributed by atoms with Crippen LogP contribution >= 0.6 is 15.9 Å². The lowest BCUT2D eigenvalue weighted by Crippen LogP contribution is -2.21. The van der Waals surface area contributed by atoms with Crippen LogP contribution in [0, 0.1) is 0 Å². The Kier molecular flexibility index (Phi) is 6.86. The summed E-state index contributed by atoms with van der Waals surface area (Å²) in [4.78, 5) is 0. The monoisotopic (exact) mass is 342 g/mol. The van der Waals surface area contributed by atoms with Crippen LogP contribution in [0.3, 0.4) is 0 Å². The van der Waals surface area contributed by atoms with Crippen molar-refractivity contribution < 1.29 is 9.47 Å². The maximum atomic E-state index is 5.71. The first-order chi connectivity index (χ1) is 9.58. The predicted octanol–water partition coefficient (Wildman–Crippen LogP) is 2.24. The predicted molar refractivity (Wildman–Crippen MR) is 84.5 cm³/mol. The van der Waals surface area contributed by atoms with E-state index in [1.54, 1.807) is 13.2 Å². The molecule has 0 amide bonds. The van der Waals surface area contributed by atoms with E-state index >= 15 is 0 Å². The lowest BCUT2D eigenvalue weighted by atomic mass is 10.2. The molecule has 0 spiro atoms. The van der Waals surface area contributed by atoms with Crippen LogP contribution < -0.4 is 20.9 Å². The summed E-state index contributed by atoms with van der Waals surface area (Å²) in [6.45, 7) is 2.76. The highest BCUT2D eigenvalue weighted by Crippen LogP contribution is 2.36. The molecule has 0 atom stereocenters. The maximum Gasteiger partial charge on any atom is 0.211 e. The van der Waals surface area contributed by atoms with Crippen LogP contribution in [-0.4, -0.2) is 25.9 Å². The molecule has 0 unspecified atom stereocenters. The van der Waals surface area contributed by atoms with Gasteiger partial charge in [0, 0.05) is 0 Å². The van der Waals surface area contributed by atoms with Crippen molar-refractivity contribution in [2.45, 2.75) is 19.8 Å². The van der Waals surface area contributed by atoms with Gasteiger partial charge in [-0.3, -0.25) is 0 Å². The molecule has 0 aliphatic carbocycles.